The lowest BCUT2D eigenvalue weighted by Gasteiger charge is -2.17. The summed E-state index contributed by atoms with van der Waals surface area (Å²) >= 11 is 0. The lowest BCUT2D eigenvalue weighted by molar-refractivity contribution is 0.669. The Kier molecular flexibility index (Phi) is 5.00. The number of fused-ring (bicyclic) bond motifs is 9. The van der Waals surface area contributed by atoms with Crippen molar-refractivity contribution in [1.29, 1.82) is 5.26 Å². The summed E-state index contributed by atoms with van der Waals surface area (Å²) in [6, 6.07) is 51.7. The van der Waals surface area contributed by atoms with Gasteiger partial charge in [-0.15, -0.1) is 0 Å². The zero-order chi connectivity index (χ0) is 28.5. The first kappa shape index (κ1) is 23.8. The van der Waals surface area contributed by atoms with Crippen LogP contribution < -0.4 is 0 Å². The third kappa shape index (κ3) is 3.40. The van der Waals surface area contributed by atoms with Crippen molar-refractivity contribution in [2.45, 2.75) is 0 Å². The van der Waals surface area contributed by atoms with Crippen molar-refractivity contribution in [3.63, 3.8) is 0 Å². The van der Waals surface area contributed by atoms with Gasteiger partial charge in [-0.1, -0.05) is 121 Å². The average molecular weight is 546 g/mol. The molecular weight excluding hydrogens is 522 g/mol. The van der Waals surface area contributed by atoms with Crippen LogP contribution in [0.2, 0.25) is 0 Å². The van der Waals surface area contributed by atoms with Crippen LogP contribution in [0.3, 0.4) is 0 Å². The maximum atomic E-state index is 9.76. The van der Waals surface area contributed by atoms with Gasteiger partial charge in [-0.25, -0.2) is 0 Å². The lowest BCUT2D eigenvalue weighted by atomic mass is 9.86. The Balaban J connectivity index is 1.42. The Morgan fingerprint density at radius 2 is 0.860 bits per heavy atom. The molecule has 43 heavy (non-hydrogen) atoms. The van der Waals surface area contributed by atoms with Crippen molar-refractivity contribution in [2.75, 3.05) is 0 Å². The minimum Gasteiger partial charge on any atom is -0.454 e. The molecule has 0 aliphatic carbocycles. The third-order valence-electron chi connectivity index (χ3n) is 8.90. The quantitative estimate of drug-likeness (QED) is 0.203. The van der Waals surface area contributed by atoms with Crippen molar-refractivity contribution in [3.05, 3.63) is 145 Å². The monoisotopic (exact) mass is 545 g/mol. The summed E-state index contributed by atoms with van der Waals surface area (Å²) in [6.07, 6.45) is 0. The summed E-state index contributed by atoms with van der Waals surface area (Å²) < 4.78 is 6.50. The van der Waals surface area contributed by atoms with Crippen molar-refractivity contribution in [3.8, 4) is 28.3 Å². The van der Waals surface area contributed by atoms with Gasteiger partial charge < -0.3 is 4.42 Å². The molecule has 0 amide bonds. The molecule has 0 bridgehead atoms. The molecule has 8 aromatic carbocycles. The highest BCUT2D eigenvalue weighted by Crippen LogP contribution is 2.45. The van der Waals surface area contributed by atoms with Gasteiger partial charge >= 0.3 is 0 Å². The number of hydrogen-bond acceptors (Lipinski definition) is 2. The summed E-state index contributed by atoms with van der Waals surface area (Å²) in [7, 11) is 0. The Labute approximate surface area is 247 Å². The second-order valence-corrected chi connectivity index (χ2v) is 11.1. The largest absolute Gasteiger partial charge is 0.454 e. The summed E-state index contributed by atoms with van der Waals surface area (Å²) in [6.45, 7) is 0. The Hall–Kier alpha value is -5.91. The van der Waals surface area contributed by atoms with E-state index in [9.17, 15) is 5.26 Å². The fourth-order valence-electron chi connectivity index (χ4n) is 6.98. The van der Waals surface area contributed by atoms with Crippen LogP contribution in [0.1, 0.15) is 5.56 Å². The molecule has 1 heterocycles. The molecule has 9 aromatic rings. The topological polar surface area (TPSA) is 36.9 Å². The Bertz CT molecular complexity index is 2630. The van der Waals surface area contributed by atoms with Gasteiger partial charge in [0.25, 0.3) is 0 Å². The van der Waals surface area contributed by atoms with E-state index < -0.39 is 0 Å². The number of furan rings is 1. The standard InChI is InChI=1S/C41H23NO/c42-24-26-12-8-19-33-34-20-9-21-35(41(34)43-40(26)33)37-23-39-31-16-5-3-14-29(31)36(22-38(39)32-17-6-4-15-30(32)37)28-18-7-11-25-10-1-2-13-27(25)28/h1-23H. The molecule has 9 rings (SSSR count). The van der Waals surface area contributed by atoms with Crippen LogP contribution in [0.25, 0.3) is 87.3 Å². The van der Waals surface area contributed by atoms with E-state index in [-0.39, 0.29) is 0 Å². The second-order valence-electron chi connectivity index (χ2n) is 11.1. The highest BCUT2D eigenvalue weighted by molar-refractivity contribution is 6.25. The van der Waals surface area contributed by atoms with E-state index in [1.165, 1.54) is 54.2 Å². The van der Waals surface area contributed by atoms with Crippen LogP contribution in [-0.2, 0) is 0 Å². The highest BCUT2D eigenvalue weighted by Gasteiger charge is 2.19. The van der Waals surface area contributed by atoms with Crippen LogP contribution in [0.4, 0.5) is 0 Å². The molecule has 0 fully saturated rings. The molecule has 0 atom stereocenters. The fourth-order valence-corrected chi connectivity index (χ4v) is 6.98. The zero-order valence-corrected chi connectivity index (χ0v) is 23.1. The summed E-state index contributed by atoms with van der Waals surface area (Å²) in [4.78, 5) is 0. The smallest absolute Gasteiger partial charge is 0.153 e. The predicted octanol–water partition coefficient (Wildman–Crippen LogP) is 11.4. The SMILES string of the molecule is N#Cc1cccc2c1oc1c(-c3cc4c5ccccc5c(-c5cccc6ccccc56)cc4c4ccccc34)cccc12. The Morgan fingerprint density at radius 1 is 0.372 bits per heavy atom. The minimum atomic E-state index is 0.551. The van der Waals surface area contributed by atoms with Gasteiger partial charge in [0, 0.05) is 16.3 Å². The van der Waals surface area contributed by atoms with Gasteiger partial charge in [0.1, 0.15) is 11.7 Å². The molecule has 1 aromatic heterocycles. The van der Waals surface area contributed by atoms with E-state index >= 15 is 0 Å². The van der Waals surface area contributed by atoms with Crippen molar-refractivity contribution in [1.82, 2.24) is 0 Å². The molecule has 0 N–H and O–H groups in total. The van der Waals surface area contributed by atoms with Gasteiger partial charge in [-0.2, -0.15) is 5.26 Å². The normalized spacial score (nSPS) is 11.7. The molecule has 0 aliphatic heterocycles. The van der Waals surface area contributed by atoms with E-state index in [1.54, 1.807) is 0 Å². The number of rotatable bonds is 2. The summed E-state index contributed by atoms with van der Waals surface area (Å²) in [5.41, 5.74) is 6.62. The molecule has 0 radical (unpaired) electrons. The summed E-state index contributed by atoms with van der Waals surface area (Å²) in [5, 5.41) is 21.5. The van der Waals surface area contributed by atoms with Gasteiger partial charge in [0.05, 0.1) is 5.56 Å². The van der Waals surface area contributed by atoms with Crippen LogP contribution in [0, 0.1) is 11.3 Å². The summed E-state index contributed by atoms with van der Waals surface area (Å²) in [5.74, 6) is 0. The molecule has 198 valence electrons. The Morgan fingerprint density at radius 3 is 1.56 bits per heavy atom. The van der Waals surface area contributed by atoms with E-state index in [2.05, 4.69) is 127 Å². The predicted molar refractivity (Wildman–Crippen MR) is 179 cm³/mol. The van der Waals surface area contributed by atoms with Crippen LogP contribution in [-0.4, -0.2) is 0 Å². The number of benzene rings is 8. The molecule has 2 heteroatoms. The fraction of sp³-hybridized carbons (Fsp3) is 0. The molecule has 0 aliphatic rings. The van der Waals surface area contributed by atoms with Gasteiger partial charge in [-0.05, 0) is 78.0 Å². The van der Waals surface area contributed by atoms with Crippen LogP contribution in [0.15, 0.2) is 144 Å². The van der Waals surface area contributed by atoms with Gasteiger partial charge in [-0.3, -0.25) is 0 Å². The van der Waals surface area contributed by atoms with Crippen molar-refractivity contribution < 1.29 is 4.42 Å². The molecule has 0 saturated heterocycles. The number of para-hydroxylation sites is 2. The van der Waals surface area contributed by atoms with Crippen molar-refractivity contribution >= 4 is 65.0 Å². The lowest BCUT2D eigenvalue weighted by Crippen LogP contribution is -1.90. The number of nitrogens with zero attached hydrogens (tertiary/aromatic N) is 1. The molecule has 0 saturated carbocycles. The van der Waals surface area contributed by atoms with E-state index in [0.717, 1.165) is 27.5 Å². The minimum absolute atomic E-state index is 0.551. The van der Waals surface area contributed by atoms with Crippen molar-refractivity contribution in [2.24, 2.45) is 0 Å². The van der Waals surface area contributed by atoms with Crippen LogP contribution >= 0.6 is 0 Å². The zero-order valence-electron chi connectivity index (χ0n) is 23.1. The molecule has 2 nitrogen and oxygen atoms in total. The van der Waals surface area contributed by atoms with Crippen LogP contribution in [0.5, 0.6) is 0 Å². The van der Waals surface area contributed by atoms with E-state index in [4.69, 9.17) is 4.42 Å². The first-order chi connectivity index (χ1) is 21.3. The average Bonchev–Trinajstić information content (AvgIpc) is 3.47. The number of hydrogen-bond donors (Lipinski definition) is 0. The van der Waals surface area contributed by atoms with E-state index in [1.807, 2.05) is 18.2 Å². The van der Waals surface area contributed by atoms with E-state index in [0.29, 0.717) is 11.1 Å². The second kappa shape index (κ2) is 9.05. The molecule has 0 spiro atoms. The first-order valence-corrected chi connectivity index (χ1v) is 14.5. The third-order valence-corrected chi connectivity index (χ3v) is 8.90. The maximum absolute atomic E-state index is 9.76. The number of nitriles is 1. The van der Waals surface area contributed by atoms with Gasteiger partial charge in [0.2, 0.25) is 0 Å². The molecule has 0 unspecified atom stereocenters. The maximum Gasteiger partial charge on any atom is 0.153 e. The molecular formula is C41H23NO. The highest BCUT2D eigenvalue weighted by atomic mass is 16.3. The first-order valence-electron chi connectivity index (χ1n) is 14.5. The van der Waals surface area contributed by atoms with Gasteiger partial charge in [0.15, 0.2) is 5.58 Å².